The first-order valence-electron chi connectivity index (χ1n) is 6.69. The molecule has 0 aliphatic rings. The van der Waals surface area contributed by atoms with E-state index in [0.717, 1.165) is 11.1 Å². The molecule has 0 atom stereocenters. The third-order valence-corrected chi connectivity index (χ3v) is 3.33. The highest BCUT2D eigenvalue weighted by Crippen LogP contribution is 2.20. The molecule has 0 aliphatic carbocycles. The van der Waals surface area contributed by atoms with Gasteiger partial charge in [0.1, 0.15) is 5.82 Å². The van der Waals surface area contributed by atoms with Gasteiger partial charge < -0.3 is 5.11 Å². The molecule has 2 aromatic carbocycles. The molecule has 108 valence electrons. The minimum Gasteiger partial charge on any atom is -0.478 e. The van der Waals surface area contributed by atoms with Gasteiger partial charge in [-0.3, -0.25) is 4.98 Å². The number of halogens is 1. The van der Waals surface area contributed by atoms with Crippen molar-refractivity contribution >= 4 is 29.0 Å². The number of aromatic nitrogens is 1. The summed E-state index contributed by atoms with van der Waals surface area (Å²) in [5.41, 5.74) is 2.58. The predicted octanol–water partition coefficient (Wildman–Crippen LogP) is 4.24. The molecule has 1 heterocycles. The normalized spacial score (nSPS) is 11.1. The lowest BCUT2D eigenvalue weighted by Crippen LogP contribution is -1.98. The number of rotatable bonds is 3. The third kappa shape index (κ3) is 2.86. The van der Waals surface area contributed by atoms with Crippen molar-refractivity contribution in [1.82, 2.24) is 4.98 Å². The fraction of sp³-hybridized carbons (Fsp3) is 0. The Morgan fingerprint density at radius 3 is 2.41 bits per heavy atom. The molecule has 3 aromatic rings. The standard InChI is InChI=1S/C18H12FNO2/c19-14-6-3-12(4-7-14)1-2-13-5-8-17-16(11-13)15(18(21)22)9-10-20-17/h1-11H,(H,21,22). The van der Waals surface area contributed by atoms with Gasteiger partial charge in [0, 0.05) is 11.6 Å². The second kappa shape index (κ2) is 5.77. The van der Waals surface area contributed by atoms with Crippen molar-refractivity contribution in [3.8, 4) is 0 Å². The molecule has 0 saturated heterocycles. The van der Waals surface area contributed by atoms with Gasteiger partial charge in [-0.2, -0.15) is 0 Å². The van der Waals surface area contributed by atoms with Crippen molar-refractivity contribution in [2.24, 2.45) is 0 Å². The number of pyridine rings is 1. The molecule has 1 aromatic heterocycles. The number of benzene rings is 2. The van der Waals surface area contributed by atoms with E-state index in [1.54, 1.807) is 24.3 Å². The van der Waals surface area contributed by atoms with Crippen LogP contribution >= 0.6 is 0 Å². The first-order chi connectivity index (χ1) is 10.6. The summed E-state index contributed by atoms with van der Waals surface area (Å²) in [6.45, 7) is 0. The Morgan fingerprint density at radius 2 is 1.68 bits per heavy atom. The SMILES string of the molecule is O=C(O)c1ccnc2ccc(C=Cc3ccc(F)cc3)cc12. The van der Waals surface area contributed by atoms with E-state index in [1.165, 1.54) is 24.4 Å². The average Bonchev–Trinajstić information content (AvgIpc) is 2.53. The molecule has 3 nitrogen and oxygen atoms in total. The van der Waals surface area contributed by atoms with Gasteiger partial charge in [-0.15, -0.1) is 0 Å². The van der Waals surface area contributed by atoms with Crippen LogP contribution in [0.5, 0.6) is 0 Å². The van der Waals surface area contributed by atoms with Gasteiger partial charge in [-0.05, 0) is 41.5 Å². The van der Waals surface area contributed by atoms with Crippen LogP contribution in [0.4, 0.5) is 4.39 Å². The van der Waals surface area contributed by atoms with Crippen molar-refractivity contribution in [1.29, 1.82) is 0 Å². The molecule has 3 rings (SSSR count). The maximum Gasteiger partial charge on any atom is 0.336 e. The summed E-state index contributed by atoms with van der Waals surface area (Å²) in [7, 11) is 0. The fourth-order valence-corrected chi connectivity index (χ4v) is 2.22. The smallest absolute Gasteiger partial charge is 0.336 e. The maximum absolute atomic E-state index is 12.9. The monoisotopic (exact) mass is 293 g/mol. The van der Waals surface area contributed by atoms with Crippen LogP contribution in [0.1, 0.15) is 21.5 Å². The number of fused-ring (bicyclic) bond motifs is 1. The Morgan fingerprint density at radius 1 is 1.00 bits per heavy atom. The molecule has 0 bridgehead atoms. The lowest BCUT2D eigenvalue weighted by Gasteiger charge is -2.03. The van der Waals surface area contributed by atoms with Gasteiger partial charge in [0.05, 0.1) is 11.1 Å². The Hall–Kier alpha value is -3.01. The summed E-state index contributed by atoms with van der Waals surface area (Å²) in [6.07, 6.45) is 5.18. The molecule has 0 fully saturated rings. The lowest BCUT2D eigenvalue weighted by atomic mass is 10.1. The zero-order valence-electron chi connectivity index (χ0n) is 11.5. The second-order valence-corrected chi connectivity index (χ2v) is 4.83. The quantitative estimate of drug-likeness (QED) is 0.735. The number of hydrogen-bond acceptors (Lipinski definition) is 2. The number of carbonyl (C=O) groups is 1. The second-order valence-electron chi connectivity index (χ2n) is 4.83. The molecular formula is C18H12FNO2. The first-order valence-corrected chi connectivity index (χ1v) is 6.69. The topological polar surface area (TPSA) is 50.2 Å². The van der Waals surface area contributed by atoms with E-state index in [2.05, 4.69) is 4.98 Å². The highest BCUT2D eigenvalue weighted by Gasteiger charge is 2.08. The summed E-state index contributed by atoms with van der Waals surface area (Å²) < 4.78 is 12.9. The summed E-state index contributed by atoms with van der Waals surface area (Å²) in [4.78, 5) is 15.4. The van der Waals surface area contributed by atoms with Crippen molar-refractivity contribution < 1.29 is 14.3 Å². The number of hydrogen-bond donors (Lipinski definition) is 1. The van der Waals surface area contributed by atoms with Crippen molar-refractivity contribution in [3.63, 3.8) is 0 Å². The van der Waals surface area contributed by atoms with E-state index in [1.807, 2.05) is 18.2 Å². The van der Waals surface area contributed by atoms with E-state index in [0.29, 0.717) is 10.9 Å². The van der Waals surface area contributed by atoms with Gasteiger partial charge in [0.15, 0.2) is 0 Å². The van der Waals surface area contributed by atoms with Gasteiger partial charge in [0.25, 0.3) is 0 Å². The molecule has 0 spiro atoms. The summed E-state index contributed by atoms with van der Waals surface area (Å²) >= 11 is 0. The van der Waals surface area contributed by atoms with Crippen molar-refractivity contribution in [3.05, 3.63) is 77.2 Å². The summed E-state index contributed by atoms with van der Waals surface area (Å²) in [5, 5.41) is 9.82. The van der Waals surface area contributed by atoms with E-state index in [4.69, 9.17) is 0 Å². The first kappa shape index (κ1) is 13.9. The van der Waals surface area contributed by atoms with Crippen LogP contribution in [-0.4, -0.2) is 16.1 Å². The van der Waals surface area contributed by atoms with Crippen LogP contribution in [0, 0.1) is 5.82 Å². The zero-order chi connectivity index (χ0) is 15.5. The Kier molecular flexibility index (Phi) is 3.66. The Labute approximate surface area is 126 Å². The average molecular weight is 293 g/mol. The highest BCUT2D eigenvalue weighted by molar-refractivity contribution is 6.03. The summed E-state index contributed by atoms with van der Waals surface area (Å²) in [6, 6.07) is 13.1. The molecule has 0 unspecified atom stereocenters. The minimum absolute atomic E-state index is 0.224. The van der Waals surface area contributed by atoms with Gasteiger partial charge >= 0.3 is 5.97 Å². The van der Waals surface area contributed by atoms with Gasteiger partial charge in [-0.25, -0.2) is 9.18 Å². The molecule has 0 amide bonds. The van der Waals surface area contributed by atoms with Gasteiger partial charge in [0.2, 0.25) is 0 Å². The zero-order valence-corrected chi connectivity index (χ0v) is 11.5. The van der Waals surface area contributed by atoms with E-state index in [9.17, 15) is 14.3 Å². The Balaban J connectivity index is 1.99. The molecule has 1 N–H and O–H groups in total. The van der Waals surface area contributed by atoms with Crippen LogP contribution in [0.2, 0.25) is 0 Å². The fourth-order valence-electron chi connectivity index (χ4n) is 2.22. The lowest BCUT2D eigenvalue weighted by molar-refractivity contribution is 0.0699. The van der Waals surface area contributed by atoms with E-state index in [-0.39, 0.29) is 11.4 Å². The van der Waals surface area contributed by atoms with Crippen molar-refractivity contribution in [2.45, 2.75) is 0 Å². The number of nitrogens with zero attached hydrogens (tertiary/aromatic N) is 1. The largest absolute Gasteiger partial charge is 0.478 e. The van der Waals surface area contributed by atoms with Crippen molar-refractivity contribution in [2.75, 3.05) is 0 Å². The van der Waals surface area contributed by atoms with Crippen LogP contribution in [0.15, 0.2) is 54.7 Å². The number of carboxylic acids is 1. The van der Waals surface area contributed by atoms with E-state index >= 15 is 0 Å². The number of carboxylic acid groups (broad SMARTS) is 1. The van der Waals surface area contributed by atoms with Crippen LogP contribution in [0.3, 0.4) is 0 Å². The molecule has 4 heteroatoms. The molecule has 22 heavy (non-hydrogen) atoms. The summed E-state index contributed by atoms with van der Waals surface area (Å²) in [5.74, 6) is -1.26. The van der Waals surface area contributed by atoms with Crippen LogP contribution < -0.4 is 0 Å². The van der Waals surface area contributed by atoms with Crippen LogP contribution in [0.25, 0.3) is 23.1 Å². The molecular weight excluding hydrogens is 281 g/mol. The molecule has 0 radical (unpaired) electrons. The minimum atomic E-state index is -0.980. The Bertz CT molecular complexity index is 870. The molecule has 0 saturated carbocycles. The van der Waals surface area contributed by atoms with Crippen LogP contribution in [-0.2, 0) is 0 Å². The highest BCUT2D eigenvalue weighted by atomic mass is 19.1. The third-order valence-electron chi connectivity index (χ3n) is 3.33. The predicted molar refractivity (Wildman–Crippen MR) is 84.0 cm³/mol. The number of aromatic carboxylic acids is 1. The van der Waals surface area contributed by atoms with E-state index < -0.39 is 5.97 Å². The molecule has 0 aliphatic heterocycles. The maximum atomic E-state index is 12.9. The van der Waals surface area contributed by atoms with Gasteiger partial charge in [-0.1, -0.05) is 30.4 Å².